The van der Waals surface area contributed by atoms with Gasteiger partial charge in [-0.25, -0.2) is 0 Å². The lowest BCUT2D eigenvalue weighted by Crippen LogP contribution is -2.38. The Hall–Kier alpha value is -2.97. The second-order valence-corrected chi connectivity index (χ2v) is 8.95. The average molecular weight is 497 g/mol. The lowest BCUT2D eigenvalue weighted by Gasteiger charge is -2.30. The molecule has 0 saturated carbocycles. The van der Waals surface area contributed by atoms with E-state index in [0.717, 1.165) is 49.2 Å². The van der Waals surface area contributed by atoms with Crippen LogP contribution in [0.2, 0.25) is 0 Å². The maximum Gasteiger partial charge on any atom is 0.262 e. The summed E-state index contributed by atoms with van der Waals surface area (Å²) in [5.41, 5.74) is 1.82. The number of nitrogens with zero attached hydrogens (tertiary/aromatic N) is 2. The number of hydrogen-bond donors (Lipinski definition) is 2. The quantitative estimate of drug-likeness (QED) is 0.262. The highest BCUT2D eigenvalue weighted by Gasteiger charge is 2.19. The monoisotopic (exact) mass is 496 g/mol. The summed E-state index contributed by atoms with van der Waals surface area (Å²) in [6.07, 6.45) is 2.86. The van der Waals surface area contributed by atoms with Crippen molar-refractivity contribution in [2.24, 2.45) is 0 Å². The fourth-order valence-electron chi connectivity index (χ4n) is 4.40. The van der Waals surface area contributed by atoms with E-state index in [-0.39, 0.29) is 17.5 Å². The molecule has 1 atom stereocenters. The lowest BCUT2D eigenvalue weighted by molar-refractivity contribution is -0.121. The molecule has 1 aromatic heterocycles. The molecule has 0 aliphatic heterocycles. The summed E-state index contributed by atoms with van der Waals surface area (Å²) in [5, 5.41) is 3.75. The number of benzene rings is 2. The second-order valence-electron chi connectivity index (χ2n) is 8.56. The molecule has 0 saturated heterocycles. The number of carbonyl (C=O) groups excluding carboxylic acids is 1. The molecule has 2 N–H and O–H groups in total. The fraction of sp³-hybridized carbons (Fsp3) is 0.444. The Balaban J connectivity index is 1.49. The number of aromatic amines is 1. The molecule has 0 aliphatic rings. The molecule has 3 aromatic rings. The SMILES string of the molecule is CCN(CC)C(CNC(=O)CCCCCn1c(=S)[nH]c2ccccc2c1=O)c1cccc(OC)c1. The number of methoxy groups -OCH3 is 1. The number of H-pyrrole nitrogens is 1. The van der Waals surface area contributed by atoms with Crippen LogP contribution in [0.15, 0.2) is 53.3 Å². The first-order valence-electron chi connectivity index (χ1n) is 12.3. The highest BCUT2D eigenvalue weighted by Crippen LogP contribution is 2.24. The molecular weight excluding hydrogens is 460 g/mol. The van der Waals surface area contributed by atoms with Gasteiger partial charge in [0.05, 0.1) is 24.1 Å². The standard InChI is InChI=1S/C27H36N4O3S/c1-4-30(5-2)24(20-12-11-13-21(18-20)34-3)19-28-25(32)16-7-6-10-17-31-26(33)22-14-8-9-15-23(22)29-27(31)35/h8-9,11-15,18,24H,4-7,10,16-17,19H2,1-3H3,(H,28,32)(H,29,35). The van der Waals surface area contributed by atoms with E-state index in [9.17, 15) is 9.59 Å². The van der Waals surface area contributed by atoms with Crippen molar-refractivity contribution in [3.8, 4) is 5.75 Å². The first-order chi connectivity index (χ1) is 17.0. The fourth-order valence-corrected chi connectivity index (χ4v) is 4.69. The molecule has 7 nitrogen and oxygen atoms in total. The minimum absolute atomic E-state index is 0.0465. The van der Waals surface area contributed by atoms with Crippen LogP contribution in [0.1, 0.15) is 51.1 Å². The van der Waals surface area contributed by atoms with Crippen LogP contribution < -0.4 is 15.6 Å². The first-order valence-corrected chi connectivity index (χ1v) is 12.8. The Bertz CT molecular complexity index is 1230. The normalized spacial score (nSPS) is 12.1. The van der Waals surface area contributed by atoms with Crippen LogP contribution in [0, 0.1) is 4.77 Å². The third kappa shape index (κ3) is 7.02. The lowest BCUT2D eigenvalue weighted by atomic mass is 10.0. The number of rotatable bonds is 13. The van der Waals surface area contributed by atoms with E-state index < -0.39 is 0 Å². The third-order valence-electron chi connectivity index (χ3n) is 6.40. The maximum absolute atomic E-state index is 12.7. The predicted molar refractivity (Wildman–Crippen MR) is 144 cm³/mol. The maximum atomic E-state index is 12.7. The summed E-state index contributed by atoms with van der Waals surface area (Å²) in [6, 6.07) is 15.5. The molecule has 1 heterocycles. The summed E-state index contributed by atoms with van der Waals surface area (Å²) in [5.74, 6) is 0.863. The third-order valence-corrected chi connectivity index (χ3v) is 6.72. The predicted octanol–water partition coefficient (Wildman–Crippen LogP) is 4.83. The van der Waals surface area contributed by atoms with E-state index in [1.807, 2.05) is 36.4 Å². The number of nitrogens with one attached hydrogen (secondary N) is 2. The number of hydrogen-bond acceptors (Lipinski definition) is 5. The van der Waals surface area contributed by atoms with Gasteiger partial charge in [0.15, 0.2) is 4.77 Å². The van der Waals surface area contributed by atoms with Gasteiger partial charge in [0.25, 0.3) is 5.56 Å². The van der Waals surface area contributed by atoms with Crippen molar-refractivity contribution in [1.82, 2.24) is 19.8 Å². The number of aromatic nitrogens is 2. The van der Waals surface area contributed by atoms with Gasteiger partial charge in [0, 0.05) is 19.5 Å². The Kier molecular flexibility index (Phi) is 10.0. The van der Waals surface area contributed by atoms with Gasteiger partial charge >= 0.3 is 0 Å². The van der Waals surface area contributed by atoms with E-state index >= 15 is 0 Å². The van der Waals surface area contributed by atoms with Gasteiger partial charge in [-0.05, 0) is 68.0 Å². The van der Waals surface area contributed by atoms with Crippen molar-refractivity contribution in [1.29, 1.82) is 0 Å². The van der Waals surface area contributed by atoms with Crippen LogP contribution in [-0.4, -0.2) is 47.1 Å². The molecule has 0 fully saturated rings. The molecule has 0 radical (unpaired) electrons. The molecule has 1 unspecified atom stereocenters. The molecule has 35 heavy (non-hydrogen) atoms. The van der Waals surface area contributed by atoms with E-state index in [4.69, 9.17) is 17.0 Å². The Labute approximate surface area is 212 Å². The van der Waals surface area contributed by atoms with Crippen molar-refractivity contribution in [2.75, 3.05) is 26.7 Å². The van der Waals surface area contributed by atoms with Crippen LogP contribution >= 0.6 is 12.2 Å². The molecule has 2 aromatic carbocycles. The highest BCUT2D eigenvalue weighted by molar-refractivity contribution is 7.71. The molecule has 8 heteroatoms. The molecule has 3 rings (SSSR count). The minimum atomic E-state index is -0.0675. The first kappa shape index (κ1) is 26.6. The molecular formula is C27H36N4O3S. The Morgan fingerprint density at radius 1 is 1.11 bits per heavy atom. The van der Waals surface area contributed by atoms with Gasteiger partial charge < -0.3 is 15.0 Å². The van der Waals surface area contributed by atoms with Crippen molar-refractivity contribution in [2.45, 2.75) is 52.1 Å². The van der Waals surface area contributed by atoms with Crippen LogP contribution in [0.5, 0.6) is 5.75 Å². The van der Waals surface area contributed by atoms with E-state index in [1.165, 1.54) is 0 Å². The zero-order valence-corrected chi connectivity index (χ0v) is 21.7. The zero-order valence-electron chi connectivity index (χ0n) is 20.9. The number of para-hydroxylation sites is 1. The van der Waals surface area contributed by atoms with Crippen molar-refractivity contribution in [3.05, 3.63) is 69.2 Å². The molecule has 0 aliphatic carbocycles. The minimum Gasteiger partial charge on any atom is -0.497 e. The van der Waals surface area contributed by atoms with Gasteiger partial charge in [-0.2, -0.15) is 0 Å². The number of carbonyl (C=O) groups is 1. The molecule has 188 valence electrons. The van der Waals surface area contributed by atoms with Gasteiger partial charge in [-0.15, -0.1) is 0 Å². The molecule has 1 amide bonds. The van der Waals surface area contributed by atoms with Gasteiger partial charge in [0.2, 0.25) is 5.91 Å². The van der Waals surface area contributed by atoms with E-state index in [1.54, 1.807) is 17.7 Å². The summed E-state index contributed by atoms with van der Waals surface area (Å²) in [7, 11) is 1.66. The van der Waals surface area contributed by atoms with Gasteiger partial charge in [-0.3, -0.25) is 19.1 Å². The number of unbranched alkanes of at least 4 members (excludes halogenated alkanes) is 2. The summed E-state index contributed by atoms with van der Waals surface area (Å²) < 4.78 is 7.43. The summed E-state index contributed by atoms with van der Waals surface area (Å²) in [4.78, 5) is 30.7. The van der Waals surface area contributed by atoms with E-state index in [2.05, 4.69) is 35.1 Å². The van der Waals surface area contributed by atoms with Crippen molar-refractivity contribution < 1.29 is 9.53 Å². The number of fused-ring (bicyclic) bond motifs is 1. The Morgan fingerprint density at radius 3 is 2.63 bits per heavy atom. The Morgan fingerprint density at radius 2 is 1.89 bits per heavy atom. The number of likely N-dealkylation sites (N-methyl/N-ethyl adjacent to an activating group) is 1. The van der Waals surface area contributed by atoms with Gasteiger partial charge in [-0.1, -0.05) is 44.5 Å². The van der Waals surface area contributed by atoms with Crippen molar-refractivity contribution >= 4 is 29.0 Å². The largest absolute Gasteiger partial charge is 0.497 e. The van der Waals surface area contributed by atoms with Crippen LogP contribution in [-0.2, 0) is 11.3 Å². The topological polar surface area (TPSA) is 79.4 Å². The highest BCUT2D eigenvalue weighted by atomic mass is 32.1. The van der Waals surface area contributed by atoms with Crippen LogP contribution in [0.3, 0.4) is 0 Å². The smallest absolute Gasteiger partial charge is 0.262 e. The number of amides is 1. The molecule has 0 bridgehead atoms. The van der Waals surface area contributed by atoms with Gasteiger partial charge in [0.1, 0.15) is 5.75 Å². The number of ether oxygens (including phenoxy) is 1. The average Bonchev–Trinajstić information content (AvgIpc) is 2.88. The second kappa shape index (κ2) is 13.2. The van der Waals surface area contributed by atoms with E-state index in [0.29, 0.717) is 29.7 Å². The van der Waals surface area contributed by atoms with Crippen LogP contribution in [0.4, 0.5) is 0 Å². The van der Waals surface area contributed by atoms with Crippen molar-refractivity contribution in [3.63, 3.8) is 0 Å². The van der Waals surface area contributed by atoms with Crippen LogP contribution in [0.25, 0.3) is 10.9 Å². The summed E-state index contributed by atoms with van der Waals surface area (Å²) in [6.45, 7) is 7.14. The zero-order chi connectivity index (χ0) is 25.2. The molecule has 0 spiro atoms. The summed E-state index contributed by atoms with van der Waals surface area (Å²) >= 11 is 5.37.